The van der Waals surface area contributed by atoms with Crippen LogP contribution in [0.2, 0.25) is 0 Å². The summed E-state index contributed by atoms with van der Waals surface area (Å²) >= 11 is 0. The molecule has 2 N–H and O–H groups in total. The summed E-state index contributed by atoms with van der Waals surface area (Å²) in [6.07, 6.45) is 5.14. The number of anilines is 1. The van der Waals surface area contributed by atoms with E-state index in [9.17, 15) is 14.4 Å². The van der Waals surface area contributed by atoms with Crippen molar-refractivity contribution in [2.45, 2.75) is 0 Å². The molecule has 28 heavy (non-hydrogen) atoms. The summed E-state index contributed by atoms with van der Waals surface area (Å²) in [5.41, 5.74) is 1.49. The first kappa shape index (κ1) is 17.5. The molecular weight excluding hydrogens is 354 g/mol. The summed E-state index contributed by atoms with van der Waals surface area (Å²) in [6.45, 7) is 0. The van der Waals surface area contributed by atoms with Gasteiger partial charge in [0.05, 0.1) is 16.3 Å². The fourth-order valence-corrected chi connectivity index (χ4v) is 3.23. The van der Waals surface area contributed by atoms with Crippen LogP contribution in [0.3, 0.4) is 0 Å². The van der Waals surface area contributed by atoms with Crippen molar-refractivity contribution in [2.75, 3.05) is 11.9 Å². The highest BCUT2D eigenvalue weighted by Crippen LogP contribution is 2.28. The Morgan fingerprint density at radius 2 is 1.61 bits per heavy atom. The zero-order valence-corrected chi connectivity index (χ0v) is 15.1. The van der Waals surface area contributed by atoms with E-state index in [1.54, 1.807) is 43.5 Å². The van der Waals surface area contributed by atoms with Crippen molar-refractivity contribution in [2.24, 2.45) is 0 Å². The Kier molecular flexibility index (Phi) is 4.37. The number of benzene rings is 2. The van der Waals surface area contributed by atoms with Crippen LogP contribution in [0.1, 0.15) is 15.9 Å². The maximum Gasteiger partial charge on any atom is 0.271 e. The third kappa shape index (κ3) is 2.91. The van der Waals surface area contributed by atoms with Gasteiger partial charge < -0.3 is 4.90 Å². The largest absolute Gasteiger partial charge is 0.310 e. The standard InChI is InChI=1S/C22H17N3O3/c1-25-17-13-6-5-11-15(17)20(26)18(22(25)28)19-16(21(27)24-23-19)12-7-10-14-8-3-2-4-9-14/h2-13,23H,1H3,(H,24,27)/b10-7+,16-12?,19-18?. The lowest BCUT2D eigenvalue weighted by Gasteiger charge is -2.25. The van der Waals surface area contributed by atoms with Crippen LogP contribution in [-0.4, -0.2) is 28.9 Å². The van der Waals surface area contributed by atoms with Gasteiger partial charge in [-0.3, -0.25) is 24.6 Å². The van der Waals surface area contributed by atoms with E-state index in [0.29, 0.717) is 11.3 Å². The Balaban J connectivity index is 1.91. The highest BCUT2D eigenvalue weighted by Gasteiger charge is 2.33. The molecule has 0 aliphatic carbocycles. The molecule has 2 aromatic carbocycles. The molecule has 0 spiro atoms. The number of amides is 1. The molecule has 6 heteroatoms. The number of carbonyl (C=O) groups is 2. The maximum atomic E-state index is 13.0. The minimum atomic E-state index is -0.458. The van der Waals surface area contributed by atoms with Gasteiger partial charge in [-0.15, -0.1) is 0 Å². The molecule has 1 aliphatic heterocycles. The van der Waals surface area contributed by atoms with Crippen LogP contribution >= 0.6 is 0 Å². The van der Waals surface area contributed by atoms with Crippen LogP contribution in [0, 0.1) is 0 Å². The summed E-state index contributed by atoms with van der Waals surface area (Å²) in [5.74, 6) is -0.865. The SMILES string of the molecule is CN1C(=O)C(=c2[nH][nH]c(=O)c2=C/C=C/c2ccccc2)C(=O)c2ccccc21. The van der Waals surface area contributed by atoms with Gasteiger partial charge in [0, 0.05) is 12.6 Å². The number of hydrogen-bond acceptors (Lipinski definition) is 3. The zero-order valence-electron chi connectivity index (χ0n) is 15.1. The van der Waals surface area contributed by atoms with E-state index >= 15 is 0 Å². The van der Waals surface area contributed by atoms with Gasteiger partial charge in [0.15, 0.2) is 0 Å². The van der Waals surface area contributed by atoms with E-state index in [1.165, 1.54) is 4.90 Å². The lowest BCUT2D eigenvalue weighted by atomic mass is 9.95. The number of nitrogens with one attached hydrogen (secondary N) is 2. The van der Waals surface area contributed by atoms with E-state index in [2.05, 4.69) is 10.2 Å². The van der Waals surface area contributed by atoms with E-state index in [0.717, 1.165) is 5.56 Å². The van der Waals surface area contributed by atoms with Crippen LogP contribution in [0.5, 0.6) is 0 Å². The minimum Gasteiger partial charge on any atom is -0.310 e. The molecule has 1 aliphatic rings. The van der Waals surface area contributed by atoms with E-state index in [1.807, 2.05) is 36.4 Å². The number of aromatic amines is 2. The lowest BCUT2D eigenvalue weighted by Crippen LogP contribution is -2.44. The van der Waals surface area contributed by atoms with Crippen molar-refractivity contribution in [1.29, 1.82) is 0 Å². The highest BCUT2D eigenvalue weighted by molar-refractivity contribution is 6.51. The number of rotatable bonds is 2. The van der Waals surface area contributed by atoms with Crippen LogP contribution in [-0.2, 0) is 4.79 Å². The fourth-order valence-electron chi connectivity index (χ4n) is 3.23. The zero-order chi connectivity index (χ0) is 19.7. The molecule has 4 rings (SSSR count). The normalized spacial score (nSPS) is 16.8. The molecule has 0 radical (unpaired) electrons. The van der Waals surface area contributed by atoms with Crippen molar-refractivity contribution < 1.29 is 9.59 Å². The molecular formula is C22H17N3O3. The van der Waals surface area contributed by atoms with Crippen LogP contribution < -0.4 is 21.0 Å². The van der Waals surface area contributed by atoms with Crippen molar-refractivity contribution in [3.63, 3.8) is 0 Å². The van der Waals surface area contributed by atoms with Crippen LogP contribution in [0.4, 0.5) is 5.69 Å². The number of aromatic nitrogens is 2. The molecule has 138 valence electrons. The van der Waals surface area contributed by atoms with Crippen molar-refractivity contribution in [3.05, 3.63) is 92.7 Å². The topological polar surface area (TPSA) is 86.0 Å². The Morgan fingerprint density at radius 1 is 0.893 bits per heavy atom. The third-order valence-electron chi connectivity index (χ3n) is 4.67. The number of hydrogen-bond donors (Lipinski definition) is 2. The smallest absolute Gasteiger partial charge is 0.271 e. The fraction of sp³-hybridized carbons (Fsp3) is 0.0455. The van der Waals surface area contributed by atoms with Gasteiger partial charge in [-0.05, 0) is 23.8 Å². The predicted molar refractivity (Wildman–Crippen MR) is 108 cm³/mol. The number of ketones is 1. The number of para-hydroxylation sites is 1. The maximum absolute atomic E-state index is 13.0. The van der Waals surface area contributed by atoms with Gasteiger partial charge in [-0.2, -0.15) is 0 Å². The minimum absolute atomic E-state index is 0.0566. The molecule has 0 saturated heterocycles. The Morgan fingerprint density at radius 3 is 2.39 bits per heavy atom. The molecule has 6 nitrogen and oxygen atoms in total. The second-order valence-electron chi connectivity index (χ2n) is 6.39. The molecule has 1 aromatic heterocycles. The summed E-state index contributed by atoms with van der Waals surface area (Å²) in [7, 11) is 1.61. The van der Waals surface area contributed by atoms with Crippen molar-refractivity contribution >= 4 is 35.1 Å². The number of Topliss-reactive ketones (excluding diaryl/α,β-unsaturated/α-hetero) is 1. The molecule has 0 saturated carbocycles. The Bertz CT molecular complexity index is 1280. The summed E-state index contributed by atoms with van der Waals surface area (Å²) < 4.78 is 0. The Hall–Kier alpha value is -3.93. The van der Waals surface area contributed by atoms with Crippen molar-refractivity contribution in [3.8, 4) is 0 Å². The van der Waals surface area contributed by atoms with E-state index < -0.39 is 17.2 Å². The quantitative estimate of drug-likeness (QED) is 0.710. The number of H-pyrrole nitrogens is 2. The second kappa shape index (κ2) is 7.00. The van der Waals surface area contributed by atoms with Crippen LogP contribution in [0.15, 0.2) is 65.5 Å². The molecule has 0 unspecified atom stereocenters. The Labute approximate surface area is 160 Å². The van der Waals surface area contributed by atoms with Gasteiger partial charge in [0.2, 0.25) is 5.78 Å². The highest BCUT2D eigenvalue weighted by atomic mass is 16.2. The summed E-state index contributed by atoms with van der Waals surface area (Å²) in [4.78, 5) is 39.5. The lowest BCUT2D eigenvalue weighted by molar-refractivity contribution is -0.113. The number of fused-ring (bicyclic) bond motifs is 1. The molecule has 1 amide bonds. The molecule has 3 aromatic rings. The average Bonchev–Trinajstić information content (AvgIpc) is 3.08. The summed E-state index contributed by atoms with van der Waals surface area (Å²) in [5, 5.41) is 5.60. The van der Waals surface area contributed by atoms with Gasteiger partial charge >= 0.3 is 0 Å². The molecule has 0 bridgehead atoms. The molecule has 0 fully saturated rings. The van der Waals surface area contributed by atoms with Gasteiger partial charge in [0.1, 0.15) is 5.57 Å². The van der Waals surface area contributed by atoms with Gasteiger partial charge in [0.25, 0.3) is 11.5 Å². The van der Waals surface area contributed by atoms with E-state index in [-0.39, 0.29) is 16.1 Å². The summed E-state index contributed by atoms with van der Waals surface area (Å²) in [6, 6.07) is 16.5. The molecule has 0 atom stereocenters. The number of allylic oxidation sites excluding steroid dienone is 1. The second-order valence-corrected chi connectivity index (χ2v) is 6.39. The first-order chi connectivity index (χ1) is 13.6. The van der Waals surface area contributed by atoms with Crippen LogP contribution in [0.25, 0.3) is 17.7 Å². The first-order valence-corrected chi connectivity index (χ1v) is 8.74. The average molecular weight is 371 g/mol. The first-order valence-electron chi connectivity index (χ1n) is 8.74. The monoisotopic (exact) mass is 371 g/mol. The van der Waals surface area contributed by atoms with Crippen molar-refractivity contribution in [1.82, 2.24) is 10.2 Å². The number of carbonyl (C=O) groups excluding carboxylic acids is 2. The predicted octanol–water partition coefficient (Wildman–Crippen LogP) is 1.21. The van der Waals surface area contributed by atoms with Gasteiger partial charge in [-0.1, -0.05) is 54.6 Å². The van der Waals surface area contributed by atoms with E-state index in [4.69, 9.17) is 0 Å². The third-order valence-corrected chi connectivity index (χ3v) is 4.67. The number of nitrogens with zero attached hydrogens (tertiary/aromatic N) is 1. The van der Waals surface area contributed by atoms with Gasteiger partial charge in [-0.25, -0.2) is 0 Å². The molecule has 2 heterocycles.